The Hall–Kier alpha value is -1.55. The second kappa shape index (κ2) is 6.06. The fourth-order valence-electron chi connectivity index (χ4n) is 2.43. The number of rotatable bonds is 3. The van der Waals surface area contributed by atoms with Crippen molar-refractivity contribution in [3.63, 3.8) is 0 Å². The largest absolute Gasteiger partial charge is 0.445 e. The second-order valence-electron chi connectivity index (χ2n) is 5.42. The quantitative estimate of drug-likeness (QED) is 0.910. The molecule has 2 rings (SSSR count). The van der Waals surface area contributed by atoms with Crippen LogP contribution in [-0.4, -0.2) is 35.3 Å². The van der Waals surface area contributed by atoms with Gasteiger partial charge in [-0.2, -0.15) is 0 Å². The van der Waals surface area contributed by atoms with Crippen molar-refractivity contribution in [2.24, 2.45) is 11.8 Å². The highest BCUT2D eigenvalue weighted by atomic mass is 16.6. The van der Waals surface area contributed by atoms with E-state index in [0.29, 0.717) is 19.0 Å². The standard InChI is InChI=1S/C15H21NO3/c1-11(2)13-8-16(9-14(13)17)15(18)19-10-12-6-4-3-5-7-12/h3-7,11,13-14,17H,8-10H2,1-2H3. The molecule has 4 heteroatoms. The Labute approximate surface area is 114 Å². The second-order valence-corrected chi connectivity index (χ2v) is 5.42. The number of carbonyl (C=O) groups excluding carboxylic acids is 1. The topological polar surface area (TPSA) is 49.8 Å². The van der Waals surface area contributed by atoms with Crippen molar-refractivity contribution in [1.29, 1.82) is 0 Å². The number of nitrogens with zero attached hydrogens (tertiary/aromatic N) is 1. The number of aliphatic hydroxyl groups excluding tert-OH is 1. The summed E-state index contributed by atoms with van der Waals surface area (Å²) in [6.45, 7) is 5.35. The van der Waals surface area contributed by atoms with Crippen molar-refractivity contribution in [3.05, 3.63) is 35.9 Å². The Morgan fingerprint density at radius 3 is 2.63 bits per heavy atom. The number of amides is 1. The van der Waals surface area contributed by atoms with E-state index < -0.39 is 6.10 Å². The third-order valence-corrected chi connectivity index (χ3v) is 3.65. The van der Waals surface area contributed by atoms with Gasteiger partial charge in [-0.1, -0.05) is 44.2 Å². The van der Waals surface area contributed by atoms with E-state index in [1.165, 1.54) is 0 Å². The Balaban J connectivity index is 1.85. The minimum Gasteiger partial charge on any atom is -0.445 e. The van der Waals surface area contributed by atoms with Crippen molar-refractivity contribution >= 4 is 6.09 Å². The van der Waals surface area contributed by atoms with E-state index in [9.17, 15) is 9.90 Å². The molecule has 4 nitrogen and oxygen atoms in total. The highest BCUT2D eigenvalue weighted by Crippen LogP contribution is 2.24. The number of hydrogen-bond donors (Lipinski definition) is 1. The lowest BCUT2D eigenvalue weighted by molar-refractivity contribution is 0.0959. The Bertz CT molecular complexity index is 419. The molecule has 0 aliphatic carbocycles. The monoisotopic (exact) mass is 263 g/mol. The molecular formula is C15H21NO3. The van der Waals surface area contributed by atoms with Gasteiger partial charge >= 0.3 is 6.09 Å². The molecule has 0 bridgehead atoms. The smallest absolute Gasteiger partial charge is 0.410 e. The number of carbonyl (C=O) groups is 1. The summed E-state index contributed by atoms with van der Waals surface area (Å²) in [5, 5.41) is 9.91. The Morgan fingerprint density at radius 1 is 1.37 bits per heavy atom. The first-order valence-electron chi connectivity index (χ1n) is 6.71. The third kappa shape index (κ3) is 3.47. The van der Waals surface area contributed by atoms with E-state index in [0.717, 1.165) is 5.56 Å². The highest BCUT2D eigenvalue weighted by Gasteiger charge is 2.36. The molecule has 1 heterocycles. The number of benzene rings is 1. The summed E-state index contributed by atoms with van der Waals surface area (Å²) < 4.78 is 5.26. The lowest BCUT2D eigenvalue weighted by atomic mass is 9.93. The van der Waals surface area contributed by atoms with Crippen LogP contribution in [0.15, 0.2) is 30.3 Å². The fourth-order valence-corrected chi connectivity index (χ4v) is 2.43. The molecule has 1 N–H and O–H groups in total. The normalized spacial score (nSPS) is 22.8. The molecule has 1 aromatic rings. The lowest BCUT2D eigenvalue weighted by Gasteiger charge is -2.18. The lowest BCUT2D eigenvalue weighted by Crippen LogP contribution is -2.30. The van der Waals surface area contributed by atoms with Crippen LogP contribution < -0.4 is 0 Å². The summed E-state index contributed by atoms with van der Waals surface area (Å²) in [4.78, 5) is 13.5. The maximum atomic E-state index is 11.9. The summed E-state index contributed by atoms with van der Waals surface area (Å²) in [5.41, 5.74) is 0.969. The van der Waals surface area contributed by atoms with E-state index in [1.807, 2.05) is 30.3 Å². The summed E-state index contributed by atoms with van der Waals surface area (Å²) in [6.07, 6.45) is -0.782. The Kier molecular flexibility index (Phi) is 4.43. The van der Waals surface area contributed by atoms with Gasteiger partial charge in [0.2, 0.25) is 0 Å². The molecule has 104 valence electrons. The molecule has 2 atom stereocenters. The summed E-state index contributed by atoms with van der Waals surface area (Å²) in [7, 11) is 0. The first-order chi connectivity index (χ1) is 9.08. The van der Waals surface area contributed by atoms with Gasteiger partial charge < -0.3 is 14.7 Å². The molecular weight excluding hydrogens is 242 g/mol. The molecule has 1 saturated heterocycles. The van der Waals surface area contributed by atoms with Crippen LogP contribution in [0.4, 0.5) is 4.79 Å². The molecule has 0 saturated carbocycles. The van der Waals surface area contributed by atoms with Gasteiger partial charge in [0, 0.05) is 12.5 Å². The van der Waals surface area contributed by atoms with Crippen molar-refractivity contribution < 1.29 is 14.6 Å². The van der Waals surface area contributed by atoms with Crippen LogP contribution in [0.5, 0.6) is 0 Å². The van der Waals surface area contributed by atoms with E-state index >= 15 is 0 Å². The SMILES string of the molecule is CC(C)C1CN(C(=O)OCc2ccccc2)CC1O. The average Bonchev–Trinajstić information content (AvgIpc) is 2.79. The maximum absolute atomic E-state index is 11.9. The van der Waals surface area contributed by atoms with Gasteiger partial charge in [0.1, 0.15) is 6.61 Å². The zero-order valence-corrected chi connectivity index (χ0v) is 11.5. The molecule has 1 aromatic carbocycles. The predicted molar refractivity (Wildman–Crippen MR) is 72.5 cm³/mol. The molecule has 0 radical (unpaired) electrons. The molecule has 2 unspecified atom stereocenters. The first-order valence-corrected chi connectivity index (χ1v) is 6.71. The van der Waals surface area contributed by atoms with Crippen LogP contribution in [-0.2, 0) is 11.3 Å². The minimum atomic E-state index is -0.440. The predicted octanol–water partition coefficient (Wildman–Crippen LogP) is 2.27. The minimum absolute atomic E-state index is 0.143. The number of ether oxygens (including phenoxy) is 1. The number of β-amino-alcohol motifs (C(OH)–C–C–N with tert-alkyl or cyclic N) is 1. The maximum Gasteiger partial charge on any atom is 0.410 e. The third-order valence-electron chi connectivity index (χ3n) is 3.65. The van der Waals surface area contributed by atoms with E-state index in [-0.39, 0.29) is 18.6 Å². The first kappa shape index (κ1) is 13.9. The van der Waals surface area contributed by atoms with Crippen LogP contribution in [0.3, 0.4) is 0 Å². The summed E-state index contributed by atoms with van der Waals surface area (Å²) >= 11 is 0. The number of likely N-dealkylation sites (tertiary alicyclic amines) is 1. The van der Waals surface area contributed by atoms with Crippen LogP contribution in [0, 0.1) is 11.8 Å². The van der Waals surface area contributed by atoms with Crippen LogP contribution in [0.2, 0.25) is 0 Å². The van der Waals surface area contributed by atoms with E-state index in [4.69, 9.17) is 4.74 Å². The van der Waals surface area contributed by atoms with Crippen LogP contribution in [0.25, 0.3) is 0 Å². The average molecular weight is 263 g/mol. The van der Waals surface area contributed by atoms with Gasteiger partial charge in [-0.15, -0.1) is 0 Å². The van der Waals surface area contributed by atoms with Crippen molar-refractivity contribution in [2.45, 2.75) is 26.6 Å². The molecule has 0 spiro atoms. The zero-order chi connectivity index (χ0) is 13.8. The number of aliphatic hydroxyl groups is 1. The van der Waals surface area contributed by atoms with Crippen molar-refractivity contribution in [3.8, 4) is 0 Å². The highest BCUT2D eigenvalue weighted by molar-refractivity contribution is 5.68. The van der Waals surface area contributed by atoms with Crippen LogP contribution >= 0.6 is 0 Å². The van der Waals surface area contributed by atoms with Crippen molar-refractivity contribution in [1.82, 2.24) is 4.90 Å². The van der Waals surface area contributed by atoms with E-state index in [1.54, 1.807) is 4.90 Å². The molecule has 0 aromatic heterocycles. The molecule has 1 fully saturated rings. The molecule has 19 heavy (non-hydrogen) atoms. The number of hydrogen-bond acceptors (Lipinski definition) is 3. The van der Waals surface area contributed by atoms with Gasteiger partial charge in [-0.25, -0.2) is 4.79 Å². The molecule has 1 aliphatic rings. The summed E-state index contributed by atoms with van der Waals surface area (Å²) in [6, 6.07) is 9.59. The summed E-state index contributed by atoms with van der Waals surface area (Å²) in [5.74, 6) is 0.506. The van der Waals surface area contributed by atoms with Crippen molar-refractivity contribution in [2.75, 3.05) is 13.1 Å². The van der Waals surface area contributed by atoms with Gasteiger partial charge in [0.05, 0.1) is 12.6 Å². The Morgan fingerprint density at radius 2 is 2.05 bits per heavy atom. The van der Waals surface area contributed by atoms with Gasteiger partial charge in [0.25, 0.3) is 0 Å². The molecule has 1 aliphatic heterocycles. The molecule has 1 amide bonds. The van der Waals surface area contributed by atoms with Gasteiger partial charge in [-0.3, -0.25) is 0 Å². The van der Waals surface area contributed by atoms with Gasteiger partial charge in [0.15, 0.2) is 0 Å². The van der Waals surface area contributed by atoms with E-state index in [2.05, 4.69) is 13.8 Å². The van der Waals surface area contributed by atoms with Crippen LogP contribution in [0.1, 0.15) is 19.4 Å². The van der Waals surface area contributed by atoms with Gasteiger partial charge in [-0.05, 0) is 11.5 Å². The zero-order valence-electron chi connectivity index (χ0n) is 11.5. The fraction of sp³-hybridized carbons (Fsp3) is 0.533.